The van der Waals surface area contributed by atoms with Gasteiger partial charge in [-0.3, -0.25) is 4.79 Å². The molecule has 5 heteroatoms. The molecule has 88 valence electrons. The largest absolute Gasteiger partial charge is 0.398 e. The molecule has 0 aliphatic carbocycles. The Morgan fingerprint density at radius 2 is 2.25 bits per heavy atom. The molecule has 1 aromatic carbocycles. The van der Waals surface area contributed by atoms with Gasteiger partial charge in [-0.15, -0.1) is 0 Å². The molecule has 0 saturated carbocycles. The molecule has 16 heavy (non-hydrogen) atoms. The molecule has 1 amide bonds. The molecule has 0 aliphatic heterocycles. The second-order valence-electron chi connectivity index (χ2n) is 3.57. The molecule has 0 spiro atoms. The number of nitrogens with zero attached hydrogens (tertiary/aromatic N) is 1. The van der Waals surface area contributed by atoms with Crippen molar-refractivity contribution in [3.05, 3.63) is 28.2 Å². The lowest BCUT2D eigenvalue weighted by atomic mass is 10.2. The van der Waals surface area contributed by atoms with Gasteiger partial charge in [0.2, 0.25) is 0 Å². The van der Waals surface area contributed by atoms with Gasteiger partial charge in [0.05, 0.1) is 0 Å². The lowest BCUT2D eigenvalue weighted by Gasteiger charge is -2.17. The smallest absolute Gasteiger partial charge is 0.253 e. The summed E-state index contributed by atoms with van der Waals surface area (Å²) in [5.74, 6) is -0.0190. The SMILES string of the molecule is CNCCN(C)C(=O)c1ccc(Br)c(N)c1. The monoisotopic (exact) mass is 285 g/mol. The van der Waals surface area contributed by atoms with Gasteiger partial charge in [-0.25, -0.2) is 0 Å². The van der Waals surface area contributed by atoms with E-state index in [1.807, 2.05) is 7.05 Å². The fourth-order valence-corrected chi connectivity index (χ4v) is 1.52. The van der Waals surface area contributed by atoms with Crippen molar-refractivity contribution in [1.29, 1.82) is 0 Å². The number of nitrogen functional groups attached to an aromatic ring is 1. The maximum Gasteiger partial charge on any atom is 0.253 e. The van der Waals surface area contributed by atoms with Crippen molar-refractivity contribution in [3.8, 4) is 0 Å². The van der Waals surface area contributed by atoms with E-state index in [1.54, 1.807) is 30.1 Å². The molecular weight excluding hydrogens is 270 g/mol. The van der Waals surface area contributed by atoms with Gasteiger partial charge in [0.1, 0.15) is 0 Å². The van der Waals surface area contributed by atoms with Gasteiger partial charge in [0.15, 0.2) is 0 Å². The highest BCUT2D eigenvalue weighted by molar-refractivity contribution is 9.10. The number of hydrogen-bond acceptors (Lipinski definition) is 3. The number of nitrogens with one attached hydrogen (secondary N) is 1. The number of anilines is 1. The van der Waals surface area contributed by atoms with Gasteiger partial charge in [0, 0.05) is 35.9 Å². The van der Waals surface area contributed by atoms with Crippen molar-refractivity contribution in [3.63, 3.8) is 0 Å². The minimum atomic E-state index is -0.0190. The van der Waals surface area contributed by atoms with Crippen LogP contribution in [0.3, 0.4) is 0 Å². The third-order valence-electron chi connectivity index (χ3n) is 2.29. The molecule has 0 radical (unpaired) electrons. The number of rotatable bonds is 4. The molecular formula is C11H16BrN3O. The van der Waals surface area contributed by atoms with E-state index in [4.69, 9.17) is 5.73 Å². The highest BCUT2D eigenvalue weighted by atomic mass is 79.9. The average molecular weight is 286 g/mol. The minimum Gasteiger partial charge on any atom is -0.398 e. The molecule has 0 aromatic heterocycles. The lowest BCUT2D eigenvalue weighted by Crippen LogP contribution is -2.32. The maximum atomic E-state index is 11.9. The van der Waals surface area contributed by atoms with Crippen molar-refractivity contribution < 1.29 is 4.79 Å². The van der Waals surface area contributed by atoms with Crippen LogP contribution in [-0.4, -0.2) is 38.0 Å². The van der Waals surface area contributed by atoms with Crippen molar-refractivity contribution in [2.75, 3.05) is 32.9 Å². The summed E-state index contributed by atoms with van der Waals surface area (Å²) in [7, 11) is 3.63. The van der Waals surface area contributed by atoms with Crippen LogP contribution in [0.4, 0.5) is 5.69 Å². The van der Waals surface area contributed by atoms with Crippen LogP contribution >= 0.6 is 15.9 Å². The Morgan fingerprint density at radius 3 is 2.81 bits per heavy atom. The van der Waals surface area contributed by atoms with E-state index in [-0.39, 0.29) is 5.91 Å². The Bertz CT molecular complexity index is 381. The third kappa shape index (κ3) is 3.21. The predicted molar refractivity (Wildman–Crippen MR) is 69.4 cm³/mol. The molecule has 4 nitrogen and oxygen atoms in total. The fourth-order valence-electron chi connectivity index (χ4n) is 1.28. The van der Waals surface area contributed by atoms with Crippen LogP contribution in [0.2, 0.25) is 0 Å². The summed E-state index contributed by atoms with van der Waals surface area (Å²) in [6, 6.07) is 5.23. The highest BCUT2D eigenvalue weighted by Gasteiger charge is 2.11. The molecule has 0 atom stereocenters. The predicted octanol–water partition coefficient (Wildman–Crippen LogP) is 1.32. The number of carbonyl (C=O) groups is 1. The van der Waals surface area contributed by atoms with Crippen molar-refractivity contribution >= 4 is 27.5 Å². The van der Waals surface area contributed by atoms with Crippen molar-refractivity contribution in [1.82, 2.24) is 10.2 Å². The quantitative estimate of drug-likeness (QED) is 0.821. The molecule has 0 unspecified atom stereocenters. The van der Waals surface area contributed by atoms with Gasteiger partial charge in [0.25, 0.3) is 5.91 Å². The summed E-state index contributed by atoms with van der Waals surface area (Å²) in [4.78, 5) is 13.6. The molecule has 0 heterocycles. The van der Waals surface area contributed by atoms with Gasteiger partial charge >= 0.3 is 0 Å². The molecule has 1 aromatic rings. The van der Waals surface area contributed by atoms with Gasteiger partial charge in [-0.1, -0.05) is 0 Å². The zero-order valence-electron chi connectivity index (χ0n) is 9.46. The Labute approximate surface area is 104 Å². The molecule has 0 bridgehead atoms. The minimum absolute atomic E-state index is 0.0190. The Balaban J connectivity index is 2.76. The first kappa shape index (κ1) is 13.0. The normalized spacial score (nSPS) is 10.2. The fraction of sp³-hybridized carbons (Fsp3) is 0.364. The summed E-state index contributed by atoms with van der Waals surface area (Å²) < 4.78 is 0.807. The Hall–Kier alpha value is -1.07. The van der Waals surface area contributed by atoms with E-state index in [9.17, 15) is 4.79 Å². The Morgan fingerprint density at radius 1 is 1.56 bits per heavy atom. The summed E-state index contributed by atoms with van der Waals surface area (Å²) in [5, 5.41) is 3.00. The first-order chi connectivity index (χ1) is 7.56. The number of hydrogen-bond donors (Lipinski definition) is 2. The lowest BCUT2D eigenvalue weighted by molar-refractivity contribution is 0.0797. The zero-order chi connectivity index (χ0) is 12.1. The van der Waals surface area contributed by atoms with Crippen LogP contribution in [0, 0.1) is 0 Å². The molecule has 0 saturated heterocycles. The topological polar surface area (TPSA) is 58.4 Å². The van der Waals surface area contributed by atoms with Crippen LogP contribution in [0.5, 0.6) is 0 Å². The summed E-state index contributed by atoms with van der Waals surface area (Å²) in [6.07, 6.45) is 0. The highest BCUT2D eigenvalue weighted by Crippen LogP contribution is 2.20. The van der Waals surface area contributed by atoms with E-state index < -0.39 is 0 Å². The van der Waals surface area contributed by atoms with Gasteiger partial charge < -0.3 is 16.0 Å². The standard InChI is InChI=1S/C11H16BrN3O/c1-14-5-6-15(2)11(16)8-3-4-9(12)10(13)7-8/h3-4,7,14H,5-6,13H2,1-2H3. The van der Waals surface area contributed by atoms with E-state index in [0.29, 0.717) is 17.8 Å². The van der Waals surface area contributed by atoms with Gasteiger partial charge in [-0.2, -0.15) is 0 Å². The summed E-state index contributed by atoms with van der Waals surface area (Å²) >= 11 is 3.30. The van der Waals surface area contributed by atoms with E-state index in [2.05, 4.69) is 21.2 Å². The van der Waals surface area contributed by atoms with Crippen LogP contribution in [0.1, 0.15) is 10.4 Å². The number of carbonyl (C=O) groups excluding carboxylic acids is 1. The Kier molecular flexibility index (Phi) is 4.76. The first-order valence-corrected chi connectivity index (χ1v) is 5.80. The third-order valence-corrected chi connectivity index (χ3v) is 3.01. The summed E-state index contributed by atoms with van der Waals surface area (Å²) in [5.41, 5.74) is 6.92. The zero-order valence-corrected chi connectivity index (χ0v) is 11.0. The number of amides is 1. The second kappa shape index (κ2) is 5.86. The van der Waals surface area contributed by atoms with E-state index >= 15 is 0 Å². The molecule has 1 rings (SSSR count). The van der Waals surface area contributed by atoms with E-state index in [0.717, 1.165) is 11.0 Å². The van der Waals surface area contributed by atoms with Crippen LogP contribution in [-0.2, 0) is 0 Å². The molecule has 3 N–H and O–H groups in total. The first-order valence-electron chi connectivity index (χ1n) is 5.01. The molecule has 0 aliphatic rings. The van der Waals surface area contributed by atoms with Crippen LogP contribution < -0.4 is 11.1 Å². The van der Waals surface area contributed by atoms with Crippen LogP contribution in [0.25, 0.3) is 0 Å². The van der Waals surface area contributed by atoms with Crippen molar-refractivity contribution in [2.24, 2.45) is 0 Å². The number of nitrogens with two attached hydrogens (primary N) is 1. The number of halogens is 1. The second-order valence-corrected chi connectivity index (χ2v) is 4.42. The number of benzene rings is 1. The van der Waals surface area contributed by atoms with Crippen LogP contribution in [0.15, 0.2) is 22.7 Å². The molecule has 0 fully saturated rings. The maximum absolute atomic E-state index is 11.9. The van der Waals surface area contributed by atoms with E-state index in [1.165, 1.54) is 0 Å². The van der Waals surface area contributed by atoms with Gasteiger partial charge in [-0.05, 0) is 41.2 Å². The average Bonchev–Trinajstić information content (AvgIpc) is 2.28. The summed E-state index contributed by atoms with van der Waals surface area (Å²) in [6.45, 7) is 1.44. The van der Waals surface area contributed by atoms with Crippen molar-refractivity contribution in [2.45, 2.75) is 0 Å². The number of likely N-dealkylation sites (N-methyl/N-ethyl adjacent to an activating group) is 2.